The minimum Gasteiger partial charge on any atom is -0.493 e. The monoisotopic (exact) mass is 389 g/mol. The molecule has 0 fully saturated rings. The van der Waals surface area contributed by atoms with Gasteiger partial charge in [0.1, 0.15) is 6.54 Å². The van der Waals surface area contributed by atoms with E-state index in [1.54, 1.807) is 14.2 Å². The molecule has 2 aromatic heterocycles. The Morgan fingerprint density at radius 3 is 2.78 bits per heavy atom. The van der Waals surface area contributed by atoms with Crippen LogP contribution in [0.2, 0.25) is 0 Å². The van der Waals surface area contributed by atoms with Gasteiger partial charge in [0.25, 0.3) is 0 Å². The molecule has 0 spiro atoms. The normalized spacial score (nSPS) is 10.6. The summed E-state index contributed by atoms with van der Waals surface area (Å²) in [5.41, 5.74) is 0.995. The van der Waals surface area contributed by atoms with Crippen molar-refractivity contribution in [2.24, 2.45) is 0 Å². The summed E-state index contributed by atoms with van der Waals surface area (Å²) in [5, 5.41) is 8.42. The number of hydrogen-bond acceptors (Lipinski definition) is 7. The summed E-state index contributed by atoms with van der Waals surface area (Å²) in [6.07, 6.45) is 0.614. The molecule has 2 heterocycles. The van der Waals surface area contributed by atoms with Crippen LogP contribution in [0.5, 0.6) is 11.5 Å². The van der Waals surface area contributed by atoms with E-state index in [0.29, 0.717) is 30.3 Å². The maximum Gasteiger partial charge on any atom is 0.442 e. The molecule has 27 heavy (non-hydrogen) atoms. The zero-order chi connectivity index (χ0) is 19.2. The topological polar surface area (TPSA) is 95.6 Å². The molecular formula is C18H19N3O5S. The number of amides is 1. The molecule has 0 unspecified atom stereocenters. The van der Waals surface area contributed by atoms with Gasteiger partial charge in [0.2, 0.25) is 5.91 Å². The Bertz CT molecular complexity index is 962. The van der Waals surface area contributed by atoms with Gasteiger partial charge in [0, 0.05) is 6.54 Å². The highest BCUT2D eigenvalue weighted by molar-refractivity contribution is 7.13. The third-order valence-corrected chi connectivity index (χ3v) is 4.78. The van der Waals surface area contributed by atoms with Gasteiger partial charge in [-0.05, 0) is 35.6 Å². The lowest BCUT2D eigenvalue weighted by molar-refractivity contribution is -0.121. The number of ether oxygens (including phenoxy) is 2. The highest BCUT2D eigenvalue weighted by Gasteiger charge is 2.16. The van der Waals surface area contributed by atoms with E-state index in [1.807, 2.05) is 35.7 Å². The van der Waals surface area contributed by atoms with Crippen molar-refractivity contribution in [3.05, 3.63) is 51.8 Å². The molecule has 0 saturated carbocycles. The first-order valence-corrected chi connectivity index (χ1v) is 9.08. The van der Waals surface area contributed by atoms with Crippen molar-refractivity contribution in [3.63, 3.8) is 0 Å². The molecule has 142 valence electrons. The van der Waals surface area contributed by atoms with Crippen LogP contribution >= 0.6 is 11.3 Å². The molecule has 3 aromatic rings. The quantitative estimate of drug-likeness (QED) is 0.633. The molecule has 0 saturated heterocycles. The van der Waals surface area contributed by atoms with Gasteiger partial charge in [0.05, 0.1) is 19.1 Å². The molecule has 0 atom stereocenters. The fourth-order valence-electron chi connectivity index (χ4n) is 2.57. The van der Waals surface area contributed by atoms with Crippen molar-refractivity contribution >= 4 is 17.2 Å². The van der Waals surface area contributed by atoms with E-state index in [0.717, 1.165) is 10.4 Å². The molecule has 1 N–H and O–H groups in total. The lowest BCUT2D eigenvalue weighted by Gasteiger charge is -2.10. The number of rotatable bonds is 8. The molecule has 0 aliphatic rings. The van der Waals surface area contributed by atoms with Crippen molar-refractivity contribution < 1.29 is 18.8 Å². The minimum absolute atomic E-state index is 0.151. The Kier molecular flexibility index (Phi) is 5.92. The van der Waals surface area contributed by atoms with Crippen LogP contribution in [0.15, 0.2) is 45.0 Å². The van der Waals surface area contributed by atoms with Crippen LogP contribution in [-0.4, -0.2) is 36.4 Å². The number of carbonyl (C=O) groups excluding carboxylic acids is 1. The second-order valence-corrected chi connectivity index (χ2v) is 6.57. The lowest BCUT2D eigenvalue weighted by atomic mass is 10.1. The van der Waals surface area contributed by atoms with Crippen LogP contribution in [-0.2, 0) is 17.8 Å². The average Bonchev–Trinajstić information content (AvgIpc) is 3.32. The Morgan fingerprint density at radius 2 is 2.07 bits per heavy atom. The van der Waals surface area contributed by atoms with Crippen molar-refractivity contribution in [3.8, 4) is 22.2 Å². The van der Waals surface area contributed by atoms with E-state index < -0.39 is 5.76 Å². The lowest BCUT2D eigenvalue weighted by Crippen LogP contribution is -2.32. The SMILES string of the molecule is COc1ccc(CCNC(=O)Cn2c(-c3cccs3)noc2=O)cc1OC. The first kappa shape index (κ1) is 18.7. The highest BCUT2D eigenvalue weighted by Crippen LogP contribution is 2.27. The molecule has 0 bridgehead atoms. The van der Waals surface area contributed by atoms with E-state index in [2.05, 4.69) is 10.5 Å². The molecule has 9 heteroatoms. The summed E-state index contributed by atoms with van der Waals surface area (Å²) in [7, 11) is 3.15. The maximum absolute atomic E-state index is 12.2. The fourth-order valence-corrected chi connectivity index (χ4v) is 3.29. The van der Waals surface area contributed by atoms with E-state index in [9.17, 15) is 9.59 Å². The van der Waals surface area contributed by atoms with Crippen LogP contribution in [0.4, 0.5) is 0 Å². The molecular weight excluding hydrogens is 370 g/mol. The number of hydrogen-bond donors (Lipinski definition) is 1. The second-order valence-electron chi connectivity index (χ2n) is 5.62. The van der Waals surface area contributed by atoms with Crippen LogP contribution in [0.1, 0.15) is 5.56 Å². The van der Waals surface area contributed by atoms with Crippen molar-refractivity contribution in [2.45, 2.75) is 13.0 Å². The molecule has 1 amide bonds. The predicted molar refractivity (Wildman–Crippen MR) is 100 cm³/mol. The molecule has 3 rings (SSSR count). The van der Waals surface area contributed by atoms with Crippen molar-refractivity contribution in [1.82, 2.24) is 15.0 Å². The number of aromatic nitrogens is 2. The van der Waals surface area contributed by atoms with Crippen LogP contribution in [0, 0.1) is 0 Å². The van der Waals surface area contributed by atoms with Gasteiger partial charge >= 0.3 is 5.76 Å². The first-order chi connectivity index (χ1) is 13.1. The summed E-state index contributed by atoms with van der Waals surface area (Å²) >= 11 is 1.42. The van der Waals surface area contributed by atoms with E-state index in [1.165, 1.54) is 15.9 Å². The fraction of sp³-hybridized carbons (Fsp3) is 0.278. The molecule has 1 aromatic carbocycles. The van der Waals surface area contributed by atoms with Crippen molar-refractivity contribution in [2.75, 3.05) is 20.8 Å². The van der Waals surface area contributed by atoms with Gasteiger partial charge in [-0.1, -0.05) is 17.3 Å². The Morgan fingerprint density at radius 1 is 1.26 bits per heavy atom. The molecule has 0 aliphatic carbocycles. The smallest absolute Gasteiger partial charge is 0.442 e. The first-order valence-electron chi connectivity index (χ1n) is 8.20. The standard InChI is InChI=1S/C18H19N3O5S/c1-24-13-6-5-12(10-14(13)25-2)7-8-19-16(22)11-21-17(20-26-18(21)23)15-4-3-9-27-15/h3-6,9-10H,7-8,11H2,1-2H3,(H,19,22). The molecule has 8 nitrogen and oxygen atoms in total. The summed E-state index contributed by atoms with van der Waals surface area (Å²) < 4.78 is 16.4. The number of nitrogens with one attached hydrogen (secondary N) is 1. The van der Waals surface area contributed by atoms with E-state index in [-0.39, 0.29) is 12.5 Å². The van der Waals surface area contributed by atoms with Gasteiger partial charge in [-0.25, -0.2) is 9.36 Å². The summed E-state index contributed by atoms with van der Waals surface area (Å²) in [4.78, 5) is 24.8. The Labute approximate surface area is 159 Å². The highest BCUT2D eigenvalue weighted by atomic mass is 32.1. The average molecular weight is 389 g/mol. The van der Waals surface area contributed by atoms with Gasteiger partial charge in [0.15, 0.2) is 17.3 Å². The summed E-state index contributed by atoms with van der Waals surface area (Å²) in [5.74, 6) is 0.688. The largest absolute Gasteiger partial charge is 0.493 e. The van der Waals surface area contributed by atoms with E-state index in [4.69, 9.17) is 14.0 Å². The van der Waals surface area contributed by atoms with Gasteiger partial charge in [-0.2, -0.15) is 0 Å². The predicted octanol–water partition coefficient (Wildman–Crippen LogP) is 1.94. The third kappa shape index (κ3) is 4.37. The van der Waals surface area contributed by atoms with E-state index >= 15 is 0 Å². The third-order valence-electron chi connectivity index (χ3n) is 3.91. The zero-order valence-electron chi connectivity index (χ0n) is 14.9. The zero-order valence-corrected chi connectivity index (χ0v) is 15.7. The van der Waals surface area contributed by atoms with Crippen LogP contribution < -0.4 is 20.5 Å². The number of benzene rings is 1. The summed E-state index contributed by atoms with van der Waals surface area (Å²) in [6, 6.07) is 9.25. The van der Waals surface area contributed by atoms with Gasteiger partial charge in [-0.15, -0.1) is 11.3 Å². The minimum atomic E-state index is -0.659. The van der Waals surface area contributed by atoms with Gasteiger partial charge in [-0.3, -0.25) is 9.32 Å². The second kappa shape index (κ2) is 8.54. The Balaban J connectivity index is 1.58. The van der Waals surface area contributed by atoms with Gasteiger partial charge < -0.3 is 14.8 Å². The number of nitrogens with zero attached hydrogens (tertiary/aromatic N) is 2. The van der Waals surface area contributed by atoms with Crippen LogP contribution in [0.25, 0.3) is 10.7 Å². The number of thiophene rings is 1. The maximum atomic E-state index is 12.2. The van der Waals surface area contributed by atoms with Crippen LogP contribution in [0.3, 0.4) is 0 Å². The number of methoxy groups -OCH3 is 2. The number of carbonyl (C=O) groups is 1. The molecule has 0 aliphatic heterocycles. The molecule has 0 radical (unpaired) electrons. The Hall–Kier alpha value is -3.07. The summed E-state index contributed by atoms with van der Waals surface area (Å²) in [6.45, 7) is 0.268. The van der Waals surface area contributed by atoms with Crippen molar-refractivity contribution in [1.29, 1.82) is 0 Å².